The molecule has 0 amide bonds. The van der Waals surface area contributed by atoms with Crippen molar-refractivity contribution in [3.63, 3.8) is 0 Å². The predicted octanol–water partition coefficient (Wildman–Crippen LogP) is 1.57. The summed E-state index contributed by atoms with van der Waals surface area (Å²) in [5.74, 6) is 5.71. The summed E-state index contributed by atoms with van der Waals surface area (Å²) in [6.07, 6.45) is 5.65. The fourth-order valence-electron chi connectivity index (χ4n) is 2.42. The van der Waals surface area contributed by atoms with Gasteiger partial charge in [0.25, 0.3) is 0 Å². The van der Waals surface area contributed by atoms with Crippen LogP contribution in [-0.4, -0.2) is 22.9 Å². The van der Waals surface area contributed by atoms with Gasteiger partial charge in [-0.25, -0.2) is 0 Å². The fraction of sp³-hybridized carbons (Fsp3) is 0.400. The molecule has 0 saturated heterocycles. The van der Waals surface area contributed by atoms with Crippen molar-refractivity contribution in [1.82, 2.24) is 15.2 Å². The Balaban J connectivity index is 2.02. The molecule has 0 saturated carbocycles. The first-order chi connectivity index (χ1) is 9.74. The van der Waals surface area contributed by atoms with Crippen LogP contribution in [0.1, 0.15) is 23.7 Å². The van der Waals surface area contributed by atoms with Crippen molar-refractivity contribution < 1.29 is 4.74 Å². The lowest BCUT2D eigenvalue weighted by Crippen LogP contribution is -2.40. The first-order valence-electron chi connectivity index (χ1n) is 6.76. The molecule has 0 aliphatic rings. The van der Waals surface area contributed by atoms with Gasteiger partial charge in [-0.05, 0) is 24.0 Å². The molecule has 2 rings (SSSR count). The van der Waals surface area contributed by atoms with E-state index in [0.717, 1.165) is 18.4 Å². The molecule has 3 N–H and O–H groups in total. The quantitative estimate of drug-likeness (QED) is 0.594. The van der Waals surface area contributed by atoms with Crippen molar-refractivity contribution in [2.75, 3.05) is 7.11 Å². The molecule has 0 aliphatic carbocycles. The number of nitrogens with zero attached hydrogens (tertiary/aromatic N) is 2. The lowest BCUT2D eigenvalue weighted by molar-refractivity contribution is 0.0650. The molecule has 2 aromatic rings. The Morgan fingerprint density at radius 2 is 2.10 bits per heavy atom. The zero-order valence-corrected chi connectivity index (χ0v) is 12.0. The number of methoxy groups -OCH3 is 1. The van der Waals surface area contributed by atoms with E-state index in [1.807, 2.05) is 42.3 Å². The van der Waals surface area contributed by atoms with Gasteiger partial charge in [0.15, 0.2) is 0 Å². The maximum Gasteiger partial charge on any atom is 0.0987 e. The molecule has 0 spiro atoms. The third-order valence-corrected chi connectivity index (χ3v) is 3.46. The second-order valence-electron chi connectivity index (χ2n) is 4.90. The van der Waals surface area contributed by atoms with E-state index in [9.17, 15) is 0 Å². The summed E-state index contributed by atoms with van der Waals surface area (Å²) in [4.78, 5) is 0. The summed E-state index contributed by atoms with van der Waals surface area (Å²) in [7, 11) is 3.64. The van der Waals surface area contributed by atoms with Crippen LogP contribution in [0.15, 0.2) is 42.7 Å². The predicted molar refractivity (Wildman–Crippen MR) is 78.8 cm³/mol. The zero-order valence-electron chi connectivity index (χ0n) is 12.0. The fourth-order valence-corrected chi connectivity index (χ4v) is 2.42. The van der Waals surface area contributed by atoms with E-state index in [4.69, 9.17) is 10.6 Å². The maximum atomic E-state index is 5.71. The molecule has 108 valence electrons. The molecule has 1 heterocycles. The average Bonchev–Trinajstić information content (AvgIpc) is 2.90. The van der Waals surface area contributed by atoms with Crippen LogP contribution in [0.2, 0.25) is 0 Å². The summed E-state index contributed by atoms with van der Waals surface area (Å²) >= 11 is 0. The van der Waals surface area contributed by atoms with Crippen LogP contribution in [0.5, 0.6) is 0 Å². The van der Waals surface area contributed by atoms with E-state index in [1.165, 1.54) is 5.56 Å². The minimum absolute atomic E-state index is 0.0575. The number of rotatable bonds is 7. The lowest BCUT2D eigenvalue weighted by atomic mass is 9.97. The largest absolute Gasteiger partial charge is 0.375 e. The smallest absolute Gasteiger partial charge is 0.0987 e. The van der Waals surface area contributed by atoms with Crippen LogP contribution in [0.25, 0.3) is 0 Å². The van der Waals surface area contributed by atoms with E-state index in [2.05, 4.69) is 22.7 Å². The van der Waals surface area contributed by atoms with Crippen molar-refractivity contribution in [2.24, 2.45) is 12.9 Å². The van der Waals surface area contributed by atoms with E-state index >= 15 is 0 Å². The summed E-state index contributed by atoms with van der Waals surface area (Å²) in [5, 5.41) is 4.18. The highest BCUT2D eigenvalue weighted by Gasteiger charge is 2.21. The van der Waals surface area contributed by atoms with Gasteiger partial charge in [-0.1, -0.05) is 30.3 Å². The van der Waals surface area contributed by atoms with Crippen LogP contribution >= 0.6 is 0 Å². The van der Waals surface area contributed by atoms with Gasteiger partial charge in [0.2, 0.25) is 0 Å². The number of hydrogen-bond donors (Lipinski definition) is 2. The SMILES string of the molecule is COC(c1ccccc1)C(CCc1cnn(C)c1)NN. The highest BCUT2D eigenvalue weighted by Crippen LogP contribution is 2.23. The average molecular weight is 274 g/mol. The Kier molecular flexibility index (Phi) is 5.29. The van der Waals surface area contributed by atoms with Crippen molar-refractivity contribution in [3.8, 4) is 0 Å². The molecule has 1 aromatic heterocycles. The number of nitrogens with one attached hydrogen (secondary N) is 1. The first-order valence-corrected chi connectivity index (χ1v) is 6.76. The standard InChI is InChI=1S/C15H22N4O/c1-19-11-12(10-17-19)8-9-14(18-16)15(20-2)13-6-4-3-5-7-13/h3-7,10-11,14-15,18H,8-9,16H2,1-2H3. The van der Waals surface area contributed by atoms with Crippen LogP contribution in [0.4, 0.5) is 0 Å². The molecule has 0 bridgehead atoms. The third kappa shape index (κ3) is 3.66. The molecular formula is C15H22N4O. The van der Waals surface area contributed by atoms with Crippen LogP contribution in [-0.2, 0) is 18.2 Å². The Labute approximate surface area is 119 Å². The first kappa shape index (κ1) is 14.7. The van der Waals surface area contributed by atoms with E-state index in [-0.39, 0.29) is 12.1 Å². The number of ether oxygens (including phenoxy) is 1. The molecule has 0 fully saturated rings. The van der Waals surface area contributed by atoms with Crippen LogP contribution < -0.4 is 11.3 Å². The van der Waals surface area contributed by atoms with E-state index in [1.54, 1.807) is 7.11 Å². The number of aryl methyl sites for hydroxylation is 2. The minimum atomic E-state index is -0.0575. The molecule has 20 heavy (non-hydrogen) atoms. The summed E-state index contributed by atoms with van der Waals surface area (Å²) in [5.41, 5.74) is 5.21. The lowest BCUT2D eigenvalue weighted by Gasteiger charge is -2.25. The molecule has 5 nitrogen and oxygen atoms in total. The van der Waals surface area contributed by atoms with Crippen LogP contribution in [0.3, 0.4) is 0 Å². The van der Waals surface area contributed by atoms with Crippen molar-refractivity contribution in [2.45, 2.75) is 25.0 Å². The van der Waals surface area contributed by atoms with E-state index in [0.29, 0.717) is 0 Å². The van der Waals surface area contributed by atoms with Crippen molar-refractivity contribution in [3.05, 3.63) is 53.9 Å². The van der Waals surface area contributed by atoms with Gasteiger partial charge in [-0.3, -0.25) is 16.0 Å². The van der Waals surface area contributed by atoms with Gasteiger partial charge < -0.3 is 4.74 Å². The summed E-state index contributed by atoms with van der Waals surface area (Å²) in [6.45, 7) is 0. The Morgan fingerprint density at radius 1 is 1.35 bits per heavy atom. The highest BCUT2D eigenvalue weighted by molar-refractivity contribution is 5.19. The molecule has 0 aliphatic heterocycles. The van der Waals surface area contributed by atoms with Gasteiger partial charge in [0, 0.05) is 20.4 Å². The minimum Gasteiger partial charge on any atom is -0.375 e. The van der Waals surface area contributed by atoms with Crippen molar-refractivity contribution >= 4 is 0 Å². The van der Waals surface area contributed by atoms with Gasteiger partial charge in [-0.15, -0.1) is 0 Å². The van der Waals surface area contributed by atoms with Gasteiger partial charge in [0.1, 0.15) is 0 Å². The second kappa shape index (κ2) is 7.19. The maximum absolute atomic E-state index is 5.71. The van der Waals surface area contributed by atoms with Crippen molar-refractivity contribution in [1.29, 1.82) is 0 Å². The number of hydrazine groups is 1. The Morgan fingerprint density at radius 3 is 2.65 bits per heavy atom. The van der Waals surface area contributed by atoms with Crippen LogP contribution in [0, 0.1) is 0 Å². The Hall–Kier alpha value is -1.69. The zero-order chi connectivity index (χ0) is 14.4. The highest BCUT2D eigenvalue weighted by atomic mass is 16.5. The third-order valence-electron chi connectivity index (χ3n) is 3.46. The van der Waals surface area contributed by atoms with Gasteiger partial charge >= 0.3 is 0 Å². The Bertz CT molecular complexity index is 512. The molecular weight excluding hydrogens is 252 g/mol. The number of nitrogens with two attached hydrogens (primary N) is 1. The molecule has 1 aromatic carbocycles. The molecule has 0 radical (unpaired) electrons. The summed E-state index contributed by atoms with van der Waals surface area (Å²) < 4.78 is 7.43. The number of benzene rings is 1. The second-order valence-corrected chi connectivity index (χ2v) is 4.90. The topological polar surface area (TPSA) is 65.1 Å². The summed E-state index contributed by atoms with van der Waals surface area (Å²) in [6, 6.07) is 10.2. The molecule has 5 heteroatoms. The van der Waals surface area contributed by atoms with Gasteiger partial charge in [0.05, 0.1) is 18.3 Å². The van der Waals surface area contributed by atoms with Gasteiger partial charge in [-0.2, -0.15) is 5.10 Å². The number of aromatic nitrogens is 2. The molecule has 2 atom stereocenters. The molecule has 2 unspecified atom stereocenters. The monoisotopic (exact) mass is 274 g/mol. The normalized spacial score (nSPS) is 14.2. The number of hydrogen-bond acceptors (Lipinski definition) is 4. The van der Waals surface area contributed by atoms with E-state index < -0.39 is 0 Å².